The molecule has 0 saturated heterocycles. The highest BCUT2D eigenvalue weighted by Gasteiger charge is 2.12. The second-order valence-corrected chi connectivity index (χ2v) is 7.07. The predicted octanol–water partition coefficient (Wildman–Crippen LogP) is 3.12. The third-order valence-electron chi connectivity index (χ3n) is 2.95. The molecule has 2 rings (SSSR count). The number of sulfonamides is 1. The molecule has 0 amide bonds. The van der Waals surface area contributed by atoms with Crippen molar-refractivity contribution >= 4 is 28.0 Å². The average molecular weight is 350 g/mol. The van der Waals surface area contributed by atoms with Crippen molar-refractivity contribution < 1.29 is 13.2 Å². The van der Waals surface area contributed by atoms with Gasteiger partial charge in [-0.1, -0.05) is 12.1 Å². The monoisotopic (exact) mass is 350 g/mol. The number of ether oxygens (including phenoxy) is 1. The summed E-state index contributed by atoms with van der Waals surface area (Å²) >= 11 is 1.64. The summed E-state index contributed by atoms with van der Waals surface area (Å²) in [5, 5.41) is 3.80. The van der Waals surface area contributed by atoms with Crippen LogP contribution >= 0.6 is 11.8 Å². The number of rotatable bonds is 7. The number of hydrogen-bond acceptors (Lipinski definition) is 5. The molecule has 0 aromatic heterocycles. The van der Waals surface area contributed by atoms with Gasteiger partial charge in [0.25, 0.3) is 10.0 Å². The summed E-state index contributed by atoms with van der Waals surface area (Å²) < 4.78 is 29.5. The molecule has 0 atom stereocenters. The maximum atomic E-state index is 12.1. The molecule has 0 spiro atoms. The zero-order chi connectivity index (χ0) is 16.7. The number of benzene rings is 2. The first-order chi connectivity index (χ1) is 11.0. The van der Waals surface area contributed by atoms with Gasteiger partial charge in [0.2, 0.25) is 0 Å². The Morgan fingerprint density at radius 2 is 1.78 bits per heavy atom. The number of hydrazone groups is 1. The van der Waals surface area contributed by atoms with E-state index in [9.17, 15) is 8.42 Å². The SMILES string of the molecule is CCOc1ccc(S(=O)(=O)N/N=C/c2ccc(SC)cc2)cc1. The van der Waals surface area contributed by atoms with E-state index in [2.05, 4.69) is 9.93 Å². The normalized spacial score (nSPS) is 11.6. The van der Waals surface area contributed by atoms with Crippen molar-refractivity contribution in [3.05, 3.63) is 54.1 Å². The topological polar surface area (TPSA) is 67.8 Å². The minimum atomic E-state index is -3.68. The van der Waals surface area contributed by atoms with Crippen molar-refractivity contribution in [2.75, 3.05) is 12.9 Å². The van der Waals surface area contributed by atoms with E-state index in [4.69, 9.17) is 4.74 Å². The lowest BCUT2D eigenvalue weighted by molar-refractivity contribution is 0.340. The molecule has 0 aliphatic heterocycles. The zero-order valence-corrected chi connectivity index (χ0v) is 14.5. The van der Waals surface area contributed by atoms with Crippen LogP contribution < -0.4 is 9.57 Å². The van der Waals surface area contributed by atoms with Crippen molar-refractivity contribution in [1.29, 1.82) is 0 Å². The van der Waals surface area contributed by atoms with Crippen LogP contribution in [0.3, 0.4) is 0 Å². The number of nitrogens with one attached hydrogen (secondary N) is 1. The molecule has 2 aromatic carbocycles. The third-order valence-corrected chi connectivity index (χ3v) is 4.93. The third kappa shape index (κ3) is 5.01. The average Bonchev–Trinajstić information content (AvgIpc) is 2.56. The van der Waals surface area contributed by atoms with Gasteiger partial charge in [-0.3, -0.25) is 0 Å². The molecule has 0 aliphatic rings. The molecule has 0 heterocycles. The van der Waals surface area contributed by atoms with E-state index in [1.807, 2.05) is 37.4 Å². The van der Waals surface area contributed by atoms with Crippen LogP contribution in [0.1, 0.15) is 12.5 Å². The molecule has 0 fully saturated rings. The van der Waals surface area contributed by atoms with Gasteiger partial charge in [0.15, 0.2) is 0 Å². The molecule has 122 valence electrons. The molecule has 5 nitrogen and oxygen atoms in total. The molecule has 1 N–H and O–H groups in total. The smallest absolute Gasteiger partial charge is 0.276 e. The maximum absolute atomic E-state index is 12.1. The summed E-state index contributed by atoms with van der Waals surface area (Å²) in [5.41, 5.74) is 0.817. The summed E-state index contributed by atoms with van der Waals surface area (Å²) in [6.45, 7) is 2.40. The van der Waals surface area contributed by atoms with Gasteiger partial charge in [0.1, 0.15) is 5.75 Å². The van der Waals surface area contributed by atoms with Crippen LogP contribution in [0.25, 0.3) is 0 Å². The molecule has 0 saturated carbocycles. The van der Waals surface area contributed by atoms with E-state index in [-0.39, 0.29) is 4.90 Å². The fourth-order valence-corrected chi connectivity index (χ4v) is 2.99. The molecular weight excluding hydrogens is 332 g/mol. The van der Waals surface area contributed by atoms with E-state index in [1.165, 1.54) is 18.3 Å². The second kappa shape index (κ2) is 8.03. The minimum absolute atomic E-state index is 0.135. The van der Waals surface area contributed by atoms with Gasteiger partial charge in [-0.25, -0.2) is 4.83 Å². The molecule has 2 aromatic rings. The van der Waals surface area contributed by atoms with Crippen LogP contribution in [0.4, 0.5) is 0 Å². The fraction of sp³-hybridized carbons (Fsp3) is 0.188. The van der Waals surface area contributed by atoms with Crippen LogP contribution in [0, 0.1) is 0 Å². The highest BCUT2D eigenvalue weighted by molar-refractivity contribution is 7.98. The number of thioether (sulfide) groups is 1. The van der Waals surface area contributed by atoms with Crippen LogP contribution in [-0.2, 0) is 10.0 Å². The Kier molecular flexibility index (Phi) is 6.06. The largest absolute Gasteiger partial charge is 0.494 e. The first-order valence-electron chi connectivity index (χ1n) is 6.97. The van der Waals surface area contributed by atoms with E-state index in [0.29, 0.717) is 12.4 Å². The lowest BCUT2D eigenvalue weighted by Crippen LogP contribution is -2.18. The van der Waals surface area contributed by atoms with Crippen LogP contribution in [0.5, 0.6) is 5.75 Å². The predicted molar refractivity (Wildman–Crippen MR) is 93.7 cm³/mol. The fourth-order valence-electron chi connectivity index (χ4n) is 1.79. The van der Waals surface area contributed by atoms with E-state index in [0.717, 1.165) is 10.5 Å². The molecular formula is C16H18N2O3S2. The van der Waals surface area contributed by atoms with E-state index in [1.54, 1.807) is 23.9 Å². The van der Waals surface area contributed by atoms with Crippen molar-refractivity contribution in [3.63, 3.8) is 0 Å². The minimum Gasteiger partial charge on any atom is -0.494 e. The van der Waals surface area contributed by atoms with Gasteiger partial charge in [0.05, 0.1) is 17.7 Å². The summed E-state index contributed by atoms with van der Waals surface area (Å²) in [7, 11) is -3.68. The van der Waals surface area contributed by atoms with Gasteiger partial charge in [-0.05, 0) is 55.1 Å². The van der Waals surface area contributed by atoms with Crippen molar-refractivity contribution in [1.82, 2.24) is 4.83 Å². The summed E-state index contributed by atoms with van der Waals surface area (Å²) in [5.74, 6) is 0.629. The standard InChI is InChI=1S/C16H18N2O3S2/c1-3-21-14-6-10-16(11-7-14)23(19,20)18-17-12-13-4-8-15(22-2)9-5-13/h4-12,18H,3H2,1-2H3/b17-12+. The first-order valence-corrected chi connectivity index (χ1v) is 9.67. The lowest BCUT2D eigenvalue weighted by Gasteiger charge is -2.05. The molecule has 23 heavy (non-hydrogen) atoms. The molecule has 7 heteroatoms. The Morgan fingerprint density at radius 3 is 2.35 bits per heavy atom. The van der Waals surface area contributed by atoms with Gasteiger partial charge < -0.3 is 4.74 Å². The van der Waals surface area contributed by atoms with Crippen molar-refractivity contribution in [2.45, 2.75) is 16.7 Å². The zero-order valence-electron chi connectivity index (χ0n) is 12.9. The molecule has 0 unspecified atom stereocenters. The second-order valence-electron chi connectivity index (χ2n) is 4.53. The van der Waals surface area contributed by atoms with Crippen LogP contribution in [0.2, 0.25) is 0 Å². The van der Waals surface area contributed by atoms with Gasteiger partial charge in [-0.15, -0.1) is 11.8 Å². The highest BCUT2D eigenvalue weighted by Crippen LogP contribution is 2.16. The van der Waals surface area contributed by atoms with Gasteiger partial charge in [0, 0.05) is 4.90 Å². The van der Waals surface area contributed by atoms with Crippen LogP contribution in [0.15, 0.2) is 63.4 Å². The van der Waals surface area contributed by atoms with Gasteiger partial charge in [-0.2, -0.15) is 13.5 Å². The van der Waals surface area contributed by atoms with Crippen molar-refractivity contribution in [3.8, 4) is 5.75 Å². The van der Waals surface area contributed by atoms with Crippen LogP contribution in [-0.4, -0.2) is 27.5 Å². The highest BCUT2D eigenvalue weighted by atomic mass is 32.2. The first kappa shape index (κ1) is 17.4. The summed E-state index contributed by atoms with van der Waals surface area (Å²) in [6.07, 6.45) is 3.46. The summed E-state index contributed by atoms with van der Waals surface area (Å²) in [4.78, 5) is 3.47. The van der Waals surface area contributed by atoms with E-state index >= 15 is 0 Å². The molecule has 0 radical (unpaired) electrons. The van der Waals surface area contributed by atoms with E-state index < -0.39 is 10.0 Å². The quantitative estimate of drug-likeness (QED) is 0.473. The Morgan fingerprint density at radius 1 is 1.13 bits per heavy atom. The van der Waals surface area contributed by atoms with Crippen molar-refractivity contribution in [2.24, 2.45) is 5.10 Å². The Hall–Kier alpha value is -1.99. The Balaban J connectivity index is 2.03. The van der Waals surface area contributed by atoms with Gasteiger partial charge >= 0.3 is 0 Å². The lowest BCUT2D eigenvalue weighted by atomic mass is 10.2. The number of hydrogen-bond donors (Lipinski definition) is 1. The Bertz CT molecular complexity index is 755. The summed E-state index contributed by atoms with van der Waals surface area (Å²) in [6, 6.07) is 13.8. The maximum Gasteiger partial charge on any atom is 0.276 e. The molecule has 0 aliphatic carbocycles. The Labute approximate surface area is 140 Å². The molecule has 0 bridgehead atoms. The number of nitrogens with zero attached hydrogens (tertiary/aromatic N) is 1.